The summed E-state index contributed by atoms with van der Waals surface area (Å²) in [7, 11) is 0. The van der Waals surface area contributed by atoms with Crippen molar-refractivity contribution in [3.05, 3.63) is 81.4 Å². The maximum Gasteiger partial charge on any atom is 0.335 e. The van der Waals surface area contributed by atoms with E-state index >= 15 is 0 Å². The highest BCUT2D eigenvalue weighted by Crippen LogP contribution is 2.15. The smallest absolute Gasteiger partial charge is 0.335 e. The molecule has 0 bridgehead atoms. The summed E-state index contributed by atoms with van der Waals surface area (Å²) >= 11 is 0. The first-order valence-corrected chi connectivity index (χ1v) is 6.89. The van der Waals surface area contributed by atoms with Crippen molar-refractivity contribution in [1.29, 1.82) is 0 Å². The predicted molar refractivity (Wildman–Crippen MR) is 80.3 cm³/mol. The first-order valence-electron chi connectivity index (χ1n) is 6.89. The summed E-state index contributed by atoms with van der Waals surface area (Å²) in [5.41, 5.74) is -0.454. The van der Waals surface area contributed by atoms with E-state index in [0.29, 0.717) is 0 Å². The van der Waals surface area contributed by atoms with E-state index in [1.54, 1.807) is 0 Å². The van der Waals surface area contributed by atoms with Crippen molar-refractivity contribution < 1.29 is 18.7 Å². The first kappa shape index (κ1) is 15.6. The van der Waals surface area contributed by atoms with Crippen molar-refractivity contribution in [2.75, 3.05) is 0 Å². The number of aromatic carboxylic acids is 1. The molecule has 24 heavy (non-hydrogen) atoms. The number of carboxylic acid groups (broad SMARTS) is 1. The van der Waals surface area contributed by atoms with E-state index in [9.17, 15) is 18.4 Å². The van der Waals surface area contributed by atoms with Gasteiger partial charge in [0, 0.05) is 29.9 Å². The zero-order chi connectivity index (χ0) is 17.3. The van der Waals surface area contributed by atoms with Crippen LogP contribution in [0, 0.1) is 11.6 Å². The van der Waals surface area contributed by atoms with Crippen LogP contribution in [0.15, 0.2) is 47.4 Å². The molecule has 3 rings (SSSR count). The van der Waals surface area contributed by atoms with E-state index in [1.165, 1.54) is 30.5 Å². The average molecular weight is 331 g/mol. The standard InChI is InChI=1S/C16H11F2N3O3/c17-12-2-1-3-13(18)11(12)7-10-8-15(22)21(20-10)14-6-9(16(23)24)4-5-19-14/h1-6,8,20H,7H2,(H,23,24). The molecule has 0 fully saturated rings. The number of aromatic nitrogens is 3. The SMILES string of the molecule is O=C(O)c1ccnc(-n2[nH]c(Cc3c(F)cccc3F)cc2=O)c1. The summed E-state index contributed by atoms with van der Waals surface area (Å²) in [6.07, 6.45) is 1.10. The van der Waals surface area contributed by atoms with Gasteiger partial charge in [0.25, 0.3) is 5.56 Å². The summed E-state index contributed by atoms with van der Waals surface area (Å²) in [5, 5.41) is 11.7. The van der Waals surface area contributed by atoms with E-state index in [2.05, 4.69) is 10.1 Å². The predicted octanol–water partition coefficient (Wildman–Crippen LogP) is 2.13. The van der Waals surface area contributed by atoms with Gasteiger partial charge in [-0.05, 0) is 24.3 Å². The van der Waals surface area contributed by atoms with Crippen LogP contribution in [0.2, 0.25) is 0 Å². The lowest BCUT2D eigenvalue weighted by Crippen LogP contribution is -2.15. The molecule has 0 unspecified atom stereocenters. The van der Waals surface area contributed by atoms with Crippen LogP contribution in [0.4, 0.5) is 8.78 Å². The Morgan fingerprint density at radius 2 is 1.92 bits per heavy atom. The number of hydrogen-bond acceptors (Lipinski definition) is 3. The number of halogens is 2. The second-order valence-electron chi connectivity index (χ2n) is 5.04. The van der Waals surface area contributed by atoms with E-state index < -0.39 is 23.2 Å². The number of aromatic amines is 1. The van der Waals surface area contributed by atoms with Gasteiger partial charge < -0.3 is 5.11 Å². The Kier molecular flexibility index (Phi) is 3.95. The second kappa shape index (κ2) is 6.07. The lowest BCUT2D eigenvalue weighted by molar-refractivity contribution is 0.0696. The molecule has 0 aliphatic heterocycles. The molecule has 0 spiro atoms. The molecule has 3 aromatic rings. The van der Waals surface area contributed by atoms with E-state index in [4.69, 9.17) is 5.11 Å². The van der Waals surface area contributed by atoms with Crippen LogP contribution in [-0.4, -0.2) is 25.8 Å². The Morgan fingerprint density at radius 3 is 2.58 bits per heavy atom. The van der Waals surface area contributed by atoms with Gasteiger partial charge in [-0.15, -0.1) is 0 Å². The molecule has 0 aliphatic carbocycles. The minimum absolute atomic E-state index is 0.0387. The van der Waals surface area contributed by atoms with Gasteiger partial charge >= 0.3 is 5.97 Å². The maximum absolute atomic E-state index is 13.7. The summed E-state index contributed by atoms with van der Waals surface area (Å²) in [5.74, 6) is -2.52. The van der Waals surface area contributed by atoms with Crippen molar-refractivity contribution in [2.24, 2.45) is 0 Å². The number of carbonyl (C=O) groups is 1. The third-order valence-electron chi connectivity index (χ3n) is 3.42. The van der Waals surface area contributed by atoms with Gasteiger partial charge in [0.1, 0.15) is 11.6 Å². The van der Waals surface area contributed by atoms with Crippen molar-refractivity contribution >= 4 is 5.97 Å². The third kappa shape index (κ3) is 2.94. The van der Waals surface area contributed by atoms with Crippen molar-refractivity contribution in [3.8, 4) is 5.82 Å². The zero-order valence-corrected chi connectivity index (χ0v) is 12.2. The second-order valence-corrected chi connectivity index (χ2v) is 5.04. The fourth-order valence-electron chi connectivity index (χ4n) is 2.27. The Hall–Kier alpha value is -3.29. The number of nitrogens with one attached hydrogen (secondary N) is 1. The van der Waals surface area contributed by atoms with Crippen molar-refractivity contribution in [3.63, 3.8) is 0 Å². The molecule has 0 saturated carbocycles. The van der Waals surface area contributed by atoms with Crippen LogP contribution >= 0.6 is 0 Å². The van der Waals surface area contributed by atoms with Gasteiger partial charge in [-0.25, -0.2) is 23.2 Å². The summed E-state index contributed by atoms with van der Waals surface area (Å²) in [6.45, 7) is 0. The molecule has 0 radical (unpaired) electrons. The number of H-pyrrole nitrogens is 1. The van der Waals surface area contributed by atoms with Gasteiger partial charge in [0.2, 0.25) is 0 Å². The molecule has 8 heteroatoms. The normalized spacial score (nSPS) is 10.8. The van der Waals surface area contributed by atoms with Gasteiger partial charge in [0.05, 0.1) is 5.56 Å². The quantitative estimate of drug-likeness (QED) is 0.766. The molecule has 0 saturated heterocycles. The van der Waals surface area contributed by atoms with Crippen molar-refractivity contribution in [1.82, 2.24) is 14.8 Å². The summed E-state index contributed by atoms with van der Waals surface area (Å²) in [6, 6.07) is 7.20. The van der Waals surface area contributed by atoms with Crippen LogP contribution in [0.3, 0.4) is 0 Å². The number of hydrogen-bond donors (Lipinski definition) is 2. The van der Waals surface area contributed by atoms with Crippen LogP contribution in [0.5, 0.6) is 0 Å². The average Bonchev–Trinajstić information content (AvgIpc) is 2.92. The van der Waals surface area contributed by atoms with Gasteiger partial charge in [-0.2, -0.15) is 0 Å². The molecule has 122 valence electrons. The fraction of sp³-hybridized carbons (Fsp3) is 0.0625. The summed E-state index contributed by atoms with van der Waals surface area (Å²) < 4.78 is 28.4. The van der Waals surface area contributed by atoms with Gasteiger partial charge in [-0.1, -0.05) is 6.07 Å². The lowest BCUT2D eigenvalue weighted by atomic mass is 10.1. The van der Waals surface area contributed by atoms with Gasteiger partial charge in [0.15, 0.2) is 5.82 Å². The number of carboxylic acids is 1. The minimum Gasteiger partial charge on any atom is -0.478 e. The number of benzene rings is 1. The Morgan fingerprint density at radius 1 is 1.21 bits per heavy atom. The Balaban J connectivity index is 1.98. The molecule has 0 amide bonds. The molecule has 2 heterocycles. The van der Waals surface area contributed by atoms with Gasteiger partial charge in [-0.3, -0.25) is 9.89 Å². The highest BCUT2D eigenvalue weighted by molar-refractivity contribution is 5.87. The molecule has 2 N–H and O–H groups in total. The zero-order valence-electron chi connectivity index (χ0n) is 12.2. The lowest BCUT2D eigenvalue weighted by Gasteiger charge is -2.04. The molecular formula is C16H11F2N3O3. The van der Waals surface area contributed by atoms with Crippen LogP contribution < -0.4 is 5.56 Å². The summed E-state index contributed by atoms with van der Waals surface area (Å²) in [4.78, 5) is 26.9. The fourth-order valence-corrected chi connectivity index (χ4v) is 2.27. The number of rotatable bonds is 4. The van der Waals surface area contributed by atoms with Crippen molar-refractivity contribution in [2.45, 2.75) is 6.42 Å². The minimum atomic E-state index is -1.16. The molecule has 2 aromatic heterocycles. The molecular weight excluding hydrogens is 320 g/mol. The Bertz CT molecular complexity index is 958. The van der Waals surface area contributed by atoms with Crippen LogP contribution in [0.25, 0.3) is 5.82 Å². The number of nitrogens with zero attached hydrogens (tertiary/aromatic N) is 2. The maximum atomic E-state index is 13.7. The monoisotopic (exact) mass is 331 g/mol. The number of pyridine rings is 1. The van der Waals surface area contributed by atoms with Crippen LogP contribution in [0.1, 0.15) is 21.6 Å². The van der Waals surface area contributed by atoms with Crippen LogP contribution in [-0.2, 0) is 6.42 Å². The largest absolute Gasteiger partial charge is 0.478 e. The molecule has 6 nitrogen and oxygen atoms in total. The molecule has 0 atom stereocenters. The highest BCUT2D eigenvalue weighted by Gasteiger charge is 2.13. The third-order valence-corrected chi connectivity index (χ3v) is 3.42. The molecule has 0 aliphatic rings. The molecule has 1 aromatic carbocycles. The highest BCUT2D eigenvalue weighted by atomic mass is 19.1. The topological polar surface area (TPSA) is 88.0 Å². The van der Waals surface area contributed by atoms with E-state index in [0.717, 1.165) is 16.8 Å². The van der Waals surface area contributed by atoms with E-state index in [-0.39, 0.29) is 29.1 Å². The first-order chi connectivity index (χ1) is 11.5. The Labute approximate surface area is 134 Å². The van der Waals surface area contributed by atoms with E-state index in [1.807, 2.05) is 0 Å².